The molecule has 1 aliphatic carbocycles. The molecule has 0 saturated heterocycles. The summed E-state index contributed by atoms with van der Waals surface area (Å²) in [5.74, 6) is 2.74. The van der Waals surface area contributed by atoms with Crippen LogP contribution in [0.1, 0.15) is 42.0 Å². The summed E-state index contributed by atoms with van der Waals surface area (Å²) >= 11 is 0. The van der Waals surface area contributed by atoms with Crippen LogP contribution in [0.5, 0.6) is 5.75 Å². The van der Waals surface area contributed by atoms with Gasteiger partial charge in [0, 0.05) is 23.0 Å². The smallest absolute Gasteiger partial charge is 0.271 e. The molecule has 0 bridgehead atoms. The van der Waals surface area contributed by atoms with Crippen LogP contribution in [0.2, 0.25) is 0 Å². The Bertz CT molecular complexity index is 1250. The number of aryl methyl sites for hydroxylation is 2. The van der Waals surface area contributed by atoms with Gasteiger partial charge in [-0.25, -0.2) is 9.97 Å². The van der Waals surface area contributed by atoms with Gasteiger partial charge in [-0.1, -0.05) is 6.42 Å². The Balaban J connectivity index is 1.43. The highest BCUT2D eigenvalue weighted by atomic mass is 16.5. The van der Waals surface area contributed by atoms with Crippen LogP contribution < -0.4 is 15.6 Å². The van der Waals surface area contributed by atoms with Crippen molar-refractivity contribution in [2.75, 3.05) is 5.32 Å². The first-order chi connectivity index (χ1) is 14.7. The first kappa shape index (κ1) is 18.4. The lowest BCUT2D eigenvalue weighted by molar-refractivity contribution is 0.296. The average Bonchev–Trinajstić information content (AvgIpc) is 3.23. The minimum Gasteiger partial charge on any atom is -0.486 e. The van der Waals surface area contributed by atoms with E-state index in [1.54, 1.807) is 6.07 Å². The predicted octanol–water partition coefficient (Wildman–Crippen LogP) is 3.27. The van der Waals surface area contributed by atoms with Crippen molar-refractivity contribution in [3.8, 4) is 5.75 Å². The molecule has 9 heteroatoms. The molecule has 3 aromatic heterocycles. The van der Waals surface area contributed by atoms with Crippen LogP contribution >= 0.6 is 0 Å². The van der Waals surface area contributed by atoms with E-state index in [9.17, 15) is 4.79 Å². The molecule has 4 aromatic rings. The highest BCUT2D eigenvalue weighted by Crippen LogP contribution is 2.27. The van der Waals surface area contributed by atoms with Crippen molar-refractivity contribution in [2.45, 2.75) is 45.6 Å². The van der Waals surface area contributed by atoms with E-state index < -0.39 is 0 Å². The summed E-state index contributed by atoms with van der Waals surface area (Å²) < 4.78 is 5.91. The number of nitrogens with one attached hydrogen (secondary N) is 4. The largest absolute Gasteiger partial charge is 0.486 e. The Morgan fingerprint density at radius 3 is 2.87 bits per heavy atom. The summed E-state index contributed by atoms with van der Waals surface area (Å²) in [7, 11) is 0. The molecule has 0 atom stereocenters. The third kappa shape index (κ3) is 3.66. The second-order valence-electron chi connectivity index (χ2n) is 7.61. The highest BCUT2D eigenvalue weighted by molar-refractivity contribution is 5.79. The van der Waals surface area contributed by atoms with Crippen molar-refractivity contribution in [3.63, 3.8) is 0 Å². The number of anilines is 2. The van der Waals surface area contributed by atoms with E-state index in [-0.39, 0.29) is 12.2 Å². The Kier molecular flexibility index (Phi) is 4.70. The molecule has 4 N–H and O–H groups in total. The van der Waals surface area contributed by atoms with E-state index in [0.717, 1.165) is 59.8 Å². The Hall–Kier alpha value is -3.62. The topological polar surface area (TPSA) is 124 Å². The van der Waals surface area contributed by atoms with Gasteiger partial charge in [0.25, 0.3) is 5.56 Å². The number of benzene rings is 1. The molecule has 0 unspecified atom stereocenters. The van der Waals surface area contributed by atoms with Crippen molar-refractivity contribution in [3.05, 3.63) is 57.4 Å². The SMILES string of the molecule is Cc1cc(Nc2nc(COc3ccc4[nH][nH]c(=O)c4c3)nc3c2CCCCC3)n[nH]1. The van der Waals surface area contributed by atoms with Gasteiger partial charge in [0.15, 0.2) is 11.6 Å². The van der Waals surface area contributed by atoms with Gasteiger partial charge in [-0.15, -0.1) is 0 Å². The summed E-state index contributed by atoms with van der Waals surface area (Å²) in [6, 6.07) is 7.30. The lowest BCUT2D eigenvalue weighted by Crippen LogP contribution is -2.11. The minimum atomic E-state index is -0.169. The van der Waals surface area contributed by atoms with Crippen molar-refractivity contribution in [1.29, 1.82) is 0 Å². The standard InChI is InChI=1S/C21H23N7O2/c1-12-9-18(27-25-12)23-20-14-5-3-2-4-6-16(14)22-19(24-20)11-30-13-7-8-17-15(10-13)21(29)28-26-17/h7-10H,2-6,11H2,1H3,(H2,26,28,29)(H2,22,23,24,25,27). The molecule has 154 valence electrons. The average molecular weight is 405 g/mol. The molecule has 9 nitrogen and oxygen atoms in total. The van der Waals surface area contributed by atoms with Gasteiger partial charge >= 0.3 is 0 Å². The molecule has 0 aliphatic heterocycles. The van der Waals surface area contributed by atoms with Gasteiger partial charge in [-0.05, 0) is 50.8 Å². The summed E-state index contributed by atoms with van der Waals surface area (Å²) in [6.45, 7) is 2.18. The van der Waals surface area contributed by atoms with Gasteiger partial charge in [0.05, 0.1) is 10.9 Å². The first-order valence-corrected chi connectivity index (χ1v) is 10.2. The molecule has 5 rings (SSSR count). The normalized spacial score (nSPS) is 13.8. The number of fused-ring (bicyclic) bond motifs is 2. The molecular formula is C21H23N7O2. The predicted molar refractivity (Wildman–Crippen MR) is 113 cm³/mol. The van der Waals surface area contributed by atoms with Gasteiger partial charge in [-0.2, -0.15) is 5.10 Å². The zero-order valence-electron chi connectivity index (χ0n) is 16.7. The zero-order valence-corrected chi connectivity index (χ0v) is 16.7. The molecule has 0 fully saturated rings. The molecule has 3 heterocycles. The number of aromatic amines is 3. The van der Waals surface area contributed by atoms with E-state index in [4.69, 9.17) is 14.7 Å². The second kappa shape index (κ2) is 7.66. The maximum absolute atomic E-state index is 11.8. The van der Waals surface area contributed by atoms with Gasteiger partial charge in [-0.3, -0.25) is 20.1 Å². The maximum Gasteiger partial charge on any atom is 0.271 e. The first-order valence-electron chi connectivity index (χ1n) is 10.2. The molecular weight excluding hydrogens is 382 g/mol. The van der Waals surface area contributed by atoms with Crippen LogP contribution in [0.3, 0.4) is 0 Å². The fourth-order valence-electron chi connectivity index (χ4n) is 3.84. The van der Waals surface area contributed by atoms with Crippen LogP contribution in [0.25, 0.3) is 10.9 Å². The molecule has 0 spiro atoms. The summed E-state index contributed by atoms with van der Waals surface area (Å²) in [5, 5.41) is 16.5. The van der Waals surface area contributed by atoms with E-state index >= 15 is 0 Å². The molecule has 0 radical (unpaired) electrons. The monoisotopic (exact) mass is 405 g/mol. The Morgan fingerprint density at radius 2 is 2.00 bits per heavy atom. The fourth-order valence-corrected chi connectivity index (χ4v) is 3.84. The van der Waals surface area contributed by atoms with Crippen molar-refractivity contribution in [1.82, 2.24) is 30.4 Å². The van der Waals surface area contributed by atoms with Crippen molar-refractivity contribution < 1.29 is 4.74 Å². The number of aromatic nitrogens is 6. The minimum absolute atomic E-state index is 0.169. The lowest BCUT2D eigenvalue weighted by Gasteiger charge is -2.14. The van der Waals surface area contributed by atoms with Crippen molar-refractivity contribution >= 4 is 22.5 Å². The van der Waals surface area contributed by atoms with Crippen LogP contribution in [0.4, 0.5) is 11.6 Å². The van der Waals surface area contributed by atoms with Crippen LogP contribution in [-0.2, 0) is 19.4 Å². The zero-order chi connectivity index (χ0) is 20.5. The summed E-state index contributed by atoms with van der Waals surface area (Å²) in [4.78, 5) is 21.4. The van der Waals surface area contributed by atoms with Crippen LogP contribution in [-0.4, -0.2) is 30.4 Å². The number of hydrogen-bond acceptors (Lipinski definition) is 6. The molecule has 0 saturated carbocycles. The third-order valence-corrected chi connectivity index (χ3v) is 5.35. The number of hydrogen-bond donors (Lipinski definition) is 4. The molecule has 0 amide bonds. The number of H-pyrrole nitrogens is 3. The van der Waals surface area contributed by atoms with Gasteiger partial charge in [0.1, 0.15) is 18.2 Å². The van der Waals surface area contributed by atoms with Crippen LogP contribution in [0.15, 0.2) is 29.1 Å². The number of nitrogens with zero attached hydrogens (tertiary/aromatic N) is 3. The maximum atomic E-state index is 11.8. The van der Waals surface area contributed by atoms with E-state index in [0.29, 0.717) is 17.0 Å². The fraction of sp³-hybridized carbons (Fsp3) is 0.333. The Morgan fingerprint density at radius 1 is 1.10 bits per heavy atom. The van der Waals surface area contributed by atoms with E-state index in [1.807, 2.05) is 25.1 Å². The van der Waals surface area contributed by atoms with Crippen molar-refractivity contribution in [2.24, 2.45) is 0 Å². The summed E-state index contributed by atoms with van der Waals surface area (Å²) in [5.41, 5.74) is 3.80. The number of rotatable bonds is 5. The quantitative estimate of drug-likeness (QED) is 0.378. The van der Waals surface area contributed by atoms with Gasteiger partial charge < -0.3 is 10.1 Å². The van der Waals surface area contributed by atoms with E-state index in [2.05, 4.69) is 25.7 Å². The van der Waals surface area contributed by atoms with Crippen LogP contribution in [0, 0.1) is 6.92 Å². The third-order valence-electron chi connectivity index (χ3n) is 5.35. The summed E-state index contributed by atoms with van der Waals surface area (Å²) in [6.07, 6.45) is 5.33. The second-order valence-corrected chi connectivity index (χ2v) is 7.61. The number of ether oxygens (including phenoxy) is 1. The molecule has 30 heavy (non-hydrogen) atoms. The van der Waals surface area contributed by atoms with Gasteiger partial charge in [0.2, 0.25) is 0 Å². The molecule has 1 aromatic carbocycles. The lowest BCUT2D eigenvalue weighted by atomic mass is 10.1. The molecule has 1 aliphatic rings. The highest BCUT2D eigenvalue weighted by Gasteiger charge is 2.18. The Labute approximate surface area is 172 Å². The van der Waals surface area contributed by atoms with E-state index in [1.165, 1.54) is 6.42 Å².